The van der Waals surface area contributed by atoms with Crippen molar-refractivity contribution in [2.24, 2.45) is 11.8 Å². The number of imidazole rings is 1. The van der Waals surface area contributed by atoms with E-state index in [9.17, 15) is 4.39 Å². The van der Waals surface area contributed by atoms with Gasteiger partial charge in [-0.15, -0.1) is 0 Å². The van der Waals surface area contributed by atoms with Gasteiger partial charge in [-0.05, 0) is 46.7 Å². The molecule has 0 radical (unpaired) electrons. The second-order valence-corrected chi connectivity index (χ2v) is 6.62. The van der Waals surface area contributed by atoms with Gasteiger partial charge in [0.2, 0.25) is 5.95 Å². The molecule has 3 nitrogen and oxygen atoms in total. The van der Waals surface area contributed by atoms with Crippen LogP contribution < -0.4 is 5.73 Å². The number of anilines is 1. The third-order valence-corrected chi connectivity index (χ3v) is 5.41. The van der Waals surface area contributed by atoms with E-state index in [0.29, 0.717) is 22.4 Å². The normalized spacial score (nSPS) is 26.5. The topological polar surface area (TPSA) is 43.8 Å². The van der Waals surface area contributed by atoms with Crippen LogP contribution in [0.5, 0.6) is 0 Å². The molecule has 2 N–H and O–H groups in total. The van der Waals surface area contributed by atoms with Crippen LogP contribution in [-0.2, 0) is 0 Å². The first-order valence-corrected chi connectivity index (χ1v) is 7.94. The van der Waals surface area contributed by atoms with E-state index in [1.807, 2.05) is 4.57 Å². The van der Waals surface area contributed by atoms with Gasteiger partial charge >= 0.3 is 0 Å². The summed E-state index contributed by atoms with van der Waals surface area (Å²) in [6.45, 7) is 4.50. The van der Waals surface area contributed by atoms with Crippen molar-refractivity contribution >= 4 is 32.9 Å². The van der Waals surface area contributed by atoms with Crippen LogP contribution in [0.25, 0.3) is 11.0 Å². The third kappa shape index (κ3) is 2.03. The minimum atomic E-state index is -0.267. The maximum atomic E-state index is 13.8. The van der Waals surface area contributed by atoms with Crippen molar-refractivity contribution in [3.05, 3.63) is 22.4 Å². The molecule has 1 aliphatic carbocycles. The Labute approximate surface area is 126 Å². The first kappa shape index (κ1) is 13.9. The van der Waals surface area contributed by atoms with Crippen molar-refractivity contribution in [2.75, 3.05) is 5.73 Å². The van der Waals surface area contributed by atoms with Crippen LogP contribution in [0.15, 0.2) is 16.6 Å². The summed E-state index contributed by atoms with van der Waals surface area (Å²) in [7, 11) is 0. The number of benzene rings is 1. The van der Waals surface area contributed by atoms with E-state index in [4.69, 9.17) is 5.73 Å². The van der Waals surface area contributed by atoms with E-state index in [0.717, 1.165) is 23.4 Å². The number of halogens is 2. The lowest BCUT2D eigenvalue weighted by atomic mass is 9.93. The number of hydrogen-bond donors (Lipinski definition) is 1. The summed E-state index contributed by atoms with van der Waals surface area (Å²) in [6.07, 6.45) is 3.48. The Morgan fingerprint density at radius 1 is 1.45 bits per heavy atom. The van der Waals surface area contributed by atoms with Crippen molar-refractivity contribution in [3.63, 3.8) is 0 Å². The van der Waals surface area contributed by atoms with Gasteiger partial charge in [-0.1, -0.05) is 20.3 Å². The van der Waals surface area contributed by atoms with Crippen molar-refractivity contribution in [3.8, 4) is 0 Å². The summed E-state index contributed by atoms with van der Waals surface area (Å²) >= 11 is 3.20. The monoisotopic (exact) mass is 339 g/mol. The van der Waals surface area contributed by atoms with E-state index in [-0.39, 0.29) is 5.82 Å². The molecule has 0 bridgehead atoms. The predicted octanol–water partition coefficient (Wildman–Crippen LogP) is 4.52. The highest BCUT2D eigenvalue weighted by molar-refractivity contribution is 9.10. The summed E-state index contributed by atoms with van der Waals surface area (Å²) in [6, 6.07) is 3.56. The van der Waals surface area contributed by atoms with Gasteiger partial charge in [-0.3, -0.25) is 0 Å². The molecule has 1 aromatic heterocycles. The zero-order chi connectivity index (χ0) is 14.4. The molecular weight excluding hydrogens is 321 g/mol. The van der Waals surface area contributed by atoms with E-state index < -0.39 is 0 Å². The van der Waals surface area contributed by atoms with Crippen LogP contribution in [0.4, 0.5) is 10.3 Å². The Balaban J connectivity index is 2.12. The Morgan fingerprint density at radius 3 is 2.85 bits per heavy atom. The van der Waals surface area contributed by atoms with Gasteiger partial charge in [-0.25, -0.2) is 9.37 Å². The number of rotatable bonds is 2. The van der Waals surface area contributed by atoms with Gasteiger partial charge in [0, 0.05) is 12.1 Å². The number of nitrogens with zero attached hydrogens (tertiary/aromatic N) is 2. The molecule has 3 unspecified atom stereocenters. The number of nitrogen functional groups attached to an aromatic ring is 1. The Kier molecular flexibility index (Phi) is 3.48. The lowest BCUT2D eigenvalue weighted by molar-refractivity contribution is 0.336. The first-order chi connectivity index (χ1) is 9.52. The minimum Gasteiger partial charge on any atom is -0.369 e. The number of hydrogen-bond acceptors (Lipinski definition) is 2. The molecule has 2 aromatic rings. The van der Waals surface area contributed by atoms with Crippen molar-refractivity contribution in [1.29, 1.82) is 0 Å². The maximum Gasteiger partial charge on any atom is 0.201 e. The fourth-order valence-corrected chi connectivity index (χ4v) is 3.95. The van der Waals surface area contributed by atoms with Crippen LogP contribution in [-0.4, -0.2) is 9.55 Å². The van der Waals surface area contributed by atoms with E-state index >= 15 is 0 Å². The minimum absolute atomic E-state index is 0.267. The van der Waals surface area contributed by atoms with Crippen LogP contribution >= 0.6 is 15.9 Å². The average Bonchev–Trinajstić information content (AvgIpc) is 2.90. The van der Waals surface area contributed by atoms with E-state index in [1.165, 1.54) is 18.9 Å². The molecule has 1 saturated carbocycles. The molecule has 3 atom stereocenters. The highest BCUT2D eigenvalue weighted by Crippen LogP contribution is 2.44. The van der Waals surface area contributed by atoms with Gasteiger partial charge in [0.15, 0.2) is 0 Å². The molecule has 5 heteroatoms. The van der Waals surface area contributed by atoms with Gasteiger partial charge in [0.05, 0.1) is 15.5 Å². The predicted molar refractivity (Wildman–Crippen MR) is 83.0 cm³/mol. The maximum absolute atomic E-state index is 13.8. The molecule has 20 heavy (non-hydrogen) atoms. The Hall–Kier alpha value is -1.10. The zero-order valence-electron chi connectivity index (χ0n) is 11.7. The Bertz CT molecular complexity index is 652. The fraction of sp³-hybridized carbons (Fsp3) is 0.533. The van der Waals surface area contributed by atoms with Crippen LogP contribution in [0.3, 0.4) is 0 Å². The van der Waals surface area contributed by atoms with E-state index in [2.05, 4.69) is 34.8 Å². The molecule has 0 spiro atoms. The quantitative estimate of drug-likeness (QED) is 0.874. The molecule has 3 rings (SSSR count). The molecule has 0 aliphatic heterocycles. The zero-order valence-corrected chi connectivity index (χ0v) is 13.3. The largest absolute Gasteiger partial charge is 0.369 e. The second-order valence-electron chi connectivity index (χ2n) is 5.77. The standard InChI is InChI=1S/C15H19BrFN3/c1-3-9-4-5-13(8(9)2)20-14-7-11(17)10(16)6-12(14)19-15(20)18/h6-9,13H,3-5H2,1-2H3,(H2,18,19). The molecule has 0 amide bonds. The summed E-state index contributed by atoms with van der Waals surface area (Å²) in [5.41, 5.74) is 7.65. The lowest BCUT2D eigenvalue weighted by Crippen LogP contribution is -2.17. The third-order valence-electron chi connectivity index (χ3n) is 4.80. The summed E-state index contributed by atoms with van der Waals surface area (Å²) < 4.78 is 16.3. The van der Waals surface area contributed by atoms with Gasteiger partial charge in [0.25, 0.3) is 0 Å². The number of aromatic nitrogens is 2. The summed E-state index contributed by atoms with van der Waals surface area (Å²) in [5.74, 6) is 1.49. The lowest BCUT2D eigenvalue weighted by Gasteiger charge is -2.22. The summed E-state index contributed by atoms with van der Waals surface area (Å²) in [5, 5.41) is 0. The van der Waals surface area contributed by atoms with Crippen LogP contribution in [0.1, 0.15) is 39.2 Å². The first-order valence-electron chi connectivity index (χ1n) is 7.15. The number of fused-ring (bicyclic) bond motifs is 1. The molecule has 1 aromatic carbocycles. The van der Waals surface area contributed by atoms with Crippen molar-refractivity contribution in [2.45, 2.75) is 39.2 Å². The van der Waals surface area contributed by atoms with Crippen molar-refractivity contribution in [1.82, 2.24) is 9.55 Å². The Morgan fingerprint density at radius 2 is 2.20 bits per heavy atom. The molecular formula is C15H19BrFN3. The SMILES string of the molecule is CCC1CCC(n2c(N)nc3cc(Br)c(F)cc32)C1C. The van der Waals surface area contributed by atoms with Gasteiger partial charge in [-0.2, -0.15) is 0 Å². The number of nitrogens with two attached hydrogens (primary N) is 1. The van der Waals surface area contributed by atoms with Crippen molar-refractivity contribution < 1.29 is 4.39 Å². The van der Waals surface area contributed by atoms with Crippen LogP contribution in [0, 0.1) is 17.7 Å². The van der Waals surface area contributed by atoms with E-state index in [1.54, 1.807) is 6.07 Å². The summed E-state index contributed by atoms with van der Waals surface area (Å²) in [4.78, 5) is 4.39. The highest BCUT2D eigenvalue weighted by Gasteiger charge is 2.34. The highest BCUT2D eigenvalue weighted by atomic mass is 79.9. The molecule has 0 saturated heterocycles. The second kappa shape index (κ2) is 5.02. The fourth-order valence-electron chi connectivity index (χ4n) is 3.62. The molecule has 1 heterocycles. The van der Waals surface area contributed by atoms with Gasteiger partial charge in [0.1, 0.15) is 5.82 Å². The molecule has 1 fully saturated rings. The molecule has 108 valence electrons. The smallest absolute Gasteiger partial charge is 0.201 e. The van der Waals surface area contributed by atoms with Gasteiger partial charge < -0.3 is 10.3 Å². The molecule has 1 aliphatic rings. The average molecular weight is 340 g/mol. The van der Waals surface area contributed by atoms with Crippen LogP contribution in [0.2, 0.25) is 0 Å².